The number of hydrogen-bond acceptors (Lipinski definition) is 3. The first-order valence-corrected chi connectivity index (χ1v) is 7.53. The summed E-state index contributed by atoms with van der Waals surface area (Å²) in [5.41, 5.74) is 2.69. The zero-order chi connectivity index (χ0) is 16.8. The Bertz CT molecular complexity index is 700. The molecule has 0 bridgehead atoms. The van der Waals surface area contributed by atoms with Crippen molar-refractivity contribution in [3.05, 3.63) is 65.2 Å². The third-order valence-corrected chi connectivity index (χ3v) is 3.60. The fraction of sp³-hybridized carbons (Fsp3) is 0.263. The minimum Gasteiger partial charge on any atom is -0.481 e. The van der Waals surface area contributed by atoms with Crippen molar-refractivity contribution in [3.63, 3.8) is 0 Å². The Labute approximate surface area is 136 Å². The molecule has 4 nitrogen and oxygen atoms in total. The van der Waals surface area contributed by atoms with Gasteiger partial charge < -0.3 is 10.1 Å². The van der Waals surface area contributed by atoms with Gasteiger partial charge in [0.2, 0.25) is 0 Å². The van der Waals surface area contributed by atoms with E-state index in [2.05, 4.69) is 11.4 Å². The molecule has 0 heterocycles. The van der Waals surface area contributed by atoms with E-state index in [9.17, 15) is 4.79 Å². The Balaban J connectivity index is 1.94. The zero-order valence-electron chi connectivity index (χ0n) is 13.5. The highest BCUT2D eigenvalue weighted by atomic mass is 16.5. The van der Waals surface area contributed by atoms with Gasteiger partial charge in [-0.2, -0.15) is 5.26 Å². The van der Waals surface area contributed by atoms with E-state index in [1.54, 1.807) is 19.1 Å². The van der Waals surface area contributed by atoms with Crippen LogP contribution in [0.3, 0.4) is 0 Å². The van der Waals surface area contributed by atoms with Crippen LogP contribution in [0.4, 0.5) is 0 Å². The first kappa shape index (κ1) is 16.6. The number of nitrogens with one attached hydrogen (secondary N) is 1. The van der Waals surface area contributed by atoms with Gasteiger partial charge in [0.1, 0.15) is 5.75 Å². The van der Waals surface area contributed by atoms with Gasteiger partial charge in [0.25, 0.3) is 5.91 Å². The van der Waals surface area contributed by atoms with Crippen LogP contribution in [0.1, 0.15) is 36.6 Å². The average Bonchev–Trinajstić information content (AvgIpc) is 2.56. The molecule has 23 heavy (non-hydrogen) atoms. The van der Waals surface area contributed by atoms with Gasteiger partial charge >= 0.3 is 0 Å². The maximum absolute atomic E-state index is 12.2. The van der Waals surface area contributed by atoms with Gasteiger partial charge in [-0.25, -0.2) is 0 Å². The Hall–Kier alpha value is -2.80. The van der Waals surface area contributed by atoms with Crippen LogP contribution in [-0.2, 0) is 4.79 Å². The van der Waals surface area contributed by atoms with E-state index in [0.29, 0.717) is 11.3 Å². The summed E-state index contributed by atoms with van der Waals surface area (Å²) in [6.45, 7) is 5.62. The van der Waals surface area contributed by atoms with E-state index < -0.39 is 6.10 Å². The Morgan fingerprint density at radius 1 is 1.09 bits per heavy atom. The summed E-state index contributed by atoms with van der Waals surface area (Å²) in [4.78, 5) is 12.2. The largest absolute Gasteiger partial charge is 0.481 e. The van der Waals surface area contributed by atoms with E-state index in [1.165, 1.54) is 0 Å². The standard InChI is InChI=1S/C19H20N2O2/c1-13-4-10-18(11-5-13)23-15(3)19(22)21-14(2)17-8-6-16(12-20)7-9-17/h4-11,14-15H,1-3H3,(H,21,22). The number of amides is 1. The van der Waals surface area contributed by atoms with E-state index in [-0.39, 0.29) is 11.9 Å². The molecule has 2 unspecified atom stereocenters. The van der Waals surface area contributed by atoms with E-state index in [1.807, 2.05) is 50.2 Å². The van der Waals surface area contributed by atoms with Crippen LogP contribution < -0.4 is 10.1 Å². The Morgan fingerprint density at radius 3 is 2.26 bits per heavy atom. The predicted molar refractivity (Wildman–Crippen MR) is 89.0 cm³/mol. The van der Waals surface area contributed by atoms with Gasteiger partial charge in [0.05, 0.1) is 17.7 Å². The van der Waals surface area contributed by atoms with Crippen molar-refractivity contribution < 1.29 is 9.53 Å². The second kappa shape index (κ2) is 7.46. The number of hydrogen-bond donors (Lipinski definition) is 1. The molecule has 2 rings (SSSR count). The number of benzene rings is 2. The molecule has 0 aliphatic rings. The third-order valence-electron chi connectivity index (χ3n) is 3.60. The molecule has 0 saturated heterocycles. The number of ether oxygens (including phenoxy) is 1. The van der Waals surface area contributed by atoms with Gasteiger partial charge in [-0.05, 0) is 50.6 Å². The molecule has 0 aliphatic heterocycles. The fourth-order valence-electron chi connectivity index (χ4n) is 2.13. The van der Waals surface area contributed by atoms with E-state index in [4.69, 9.17) is 10.00 Å². The first-order chi connectivity index (χ1) is 11.0. The van der Waals surface area contributed by atoms with Crippen LogP contribution in [0.2, 0.25) is 0 Å². The smallest absolute Gasteiger partial charge is 0.261 e. The summed E-state index contributed by atoms with van der Waals surface area (Å²) in [6, 6.07) is 16.7. The normalized spacial score (nSPS) is 12.8. The molecule has 1 N–H and O–H groups in total. The molecule has 118 valence electrons. The van der Waals surface area contributed by atoms with E-state index in [0.717, 1.165) is 11.1 Å². The number of nitrogens with zero attached hydrogens (tertiary/aromatic N) is 1. The number of carbonyl (C=O) groups is 1. The average molecular weight is 308 g/mol. The predicted octanol–water partition coefficient (Wildman–Crippen LogP) is 3.51. The van der Waals surface area contributed by atoms with E-state index >= 15 is 0 Å². The van der Waals surface area contributed by atoms with Crippen molar-refractivity contribution in [2.75, 3.05) is 0 Å². The minimum absolute atomic E-state index is 0.153. The molecule has 0 spiro atoms. The Morgan fingerprint density at radius 2 is 1.70 bits per heavy atom. The van der Waals surface area contributed by atoms with Crippen molar-refractivity contribution in [3.8, 4) is 11.8 Å². The van der Waals surface area contributed by atoms with Crippen molar-refractivity contribution in [2.45, 2.75) is 32.9 Å². The van der Waals surface area contributed by atoms with Gasteiger partial charge in [0.15, 0.2) is 6.10 Å². The lowest BCUT2D eigenvalue weighted by Crippen LogP contribution is -2.37. The van der Waals surface area contributed by atoms with Crippen LogP contribution >= 0.6 is 0 Å². The van der Waals surface area contributed by atoms with Crippen molar-refractivity contribution >= 4 is 5.91 Å². The Kier molecular flexibility index (Phi) is 5.37. The van der Waals surface area contributed by atoms with Gasteiger partial charge in [0, 0.05) is 0 Å². The van der Waals surface area contributed by atoms with Gasteiger partial charge in [-0.3, -0.25) is 4.79 Å². The molecule has 2 aromatic rings. The zero-order valence-corrected chi connectivity index (χ0v) is 13.5. The second-order valence-corrected chi connectivity index (χ2v) is 5.54. The quantitative estimate of drug-likeness (QED) is 0.919. The highest BCUT2D eigenvalue weighted by Gasteiger charge is 2.17. The number of rotatable bonds is 5. The van der Waals surface area contributed by atoms with Crippen LogP contribution in [0, 0.1) is 18.3 Å². The molecule has 0 radical (unpaired) electrons. The topological polar surface area (TPSA) is 62.1 Å². The molecule has 0 fully saturated rings. The molecule has 0 saturated carbocycles. The van der Waals surface area contributed by atoms with Crippen LogP contribution in [0.5, 0.6) is 5.75 Å². The van der Waals surface area contributed by atoms with Crippen LogP contribution in [0.15, 0.2) is 48.5 Å². The second-order valence-electron chi connectivity index (χ2n) is 5.54. The lowest BCUT2D eigenvalue weighted by molar-refractivity contribution is -0.127. The first-order valence-electron chi connectivity index (χ1n) is 7.53. The lowest BCUT2D eigenvalue weighted by atomic mass is 10.1. The van der Waals surface area contributed by atoms with Gasteiger partial charge in [-0.1, -0.05) is 29.8 Å². The molecular formula is C19H20N2O2. The summed E-state index contributed by atoms with van der Waals surface area (Å²) in [5.74, 6) is 0.492. The fourth-order valence-corrected chi connectivity index (χ4v) is 2.13. The maximum atomic E-state index is 12.2. The lowest BCUT2D eigenvalue weighted by Gasteiger charge is -2.19. The van der Waals surface area contributed by atoms with Crippen molar-refractivity contribution in [2.24, 2.45) is 0 Å². The molecule has 1 amide bonds. The summed E-state index contributed by atoms with van der Waals surface area (Å²) in [6.07, 6.45) is -0.585. The molecule has 2 aromatic carbocycles. The third kappa shape index (κ3) is 4.58. The van der Waals surface area contributed by atoms with Gasteiger partial charge in [-0.15, -0.1) is 0 Å². The monoisotopic (exact) mass is 308 g/mol. The summed E-state index contributed by atoms with van der Waals surface area (Å²) in [7, 11) is 0. The minimum atomic E-state index is -0.585. The maximum Gasteiger partial charge on any atom is 0.261 e. The van der Waals surface area contributed by atoms with Crippen molar-refractivity contribution in [1.29, 1.82) is 5.26 Å². The number of aryl methyl sites for hydroxylation is 1. The summed E-state index contributed by atoms with van der Waals surface area (Å²) < 4.78 is 5.65. The van der Waals surface area contributed by atoms with Crippen LogP contribution in [0.25, 0.3) is 0 Å². The highest BCUT2D eigenvalue weighted by Crippen LogP contribution is 2.16. The highest BCUT2D eigenvalue weighted by molar-refractivity contribution is 5.81. The SMILES string of the molecule is Cc1ccc(OC(C)C(=O)NC(C)c2ccc(C#N)cc2)cc1. The number of carbonyl (C=O) groups excluding carboxylic acids is 1. The summed E-state index contributed by atoms with van der Waals surface area (Å²) in [5, 5.41) is 11.7. The number of nitriles is 1. The molecule has 0 aliphatic carbocycles. The molecule has 0 aromatic heterocycles. The summed E-state index contributed by atoms with van der Waals surface area (Å²) >= 11 is 0. The van der Waals surface area contributed by atoms with Crippen molar-refractivity contribution in [1.82, 2.24) is 5.32 Å². The molecular weight excluding hydrogens is 288 g/mol. The molecule has 4 heteroatoms. The molecule has 2 atom stereocenters. The van der Waals surface area contributed by atoms with Crippen LogP contribution in [-0.4, -0.2) is 12.0 Å².